The first-order chi connectivity index (χ1) is 21.4. The van der Waals surface area contributed by atoms with Gasteiger partial charge in [-0.25, -0.2) is 0 Å². The molecule has 0 aliphatic rings. The van der Waals surface area contributed by atoms with Crippen LogP contribution in [0.4, 0.5) is 0 Å². The maximum atomic E-state index is 14.1. The van der Waals surface area contributed by atoms with Crippen LogP contribution in [-0.4, -0.2) is 6.61 Å². The zero-order valence-corrected chi connectivity index (χ0v) is 31.0. The van der Waals surface area contributed by atoms with Gasteiger partial charge in [-0.1, -0.05) is 157 Å². The Morgan fingerprint density at radius 3 is 1.57 bits per heavy atom. The van der Waals surface area contributed by atoms with Crippen molar-refractivity contribution < 1.29 is 22.9 Å². The standard InChI is InChI=1S/C34H43Br2Cl2O5P/c1-2-3-4-5-6-7-8-9-10-11-12-13-20-40-33-23-32(38)34(24-31(33)37)43-44(39,41-29-18-14-16-27(21-29)25-35)42-30-19-15-17-28(22-30)26-36/h14-19,21-24H,2-13,20,25-26H2,1H3. The fraction of sp³-hybridized carbons (Fsp3) is 0.471. The average molecular weight is 793 g/mol. The Hall–Kier alpha value is -1.37. The molecule has 0 saturated heterocycles. The molecular weight excluding hydrogens is 750 g/mol. The van der Waals surface area contributed by atoms with E-state index in [-0.39, 0.29) is 15.8 Å². The summed E-state index contributed by atoms with van der Waals surface area (Å²) >= 11 is 20.0. The number of unbranched alkanes of at least 4 members (excludes halogenated alkanes) is 11. The zero-order valence-electron chi connectivity index (χ0n) is 25.4. The van der Waals surface area contributed by atoms with Gasteiger partial charge in [0.05, 0.1) is 16.7 Å². The molecule has 242 valence electrons. The van der Waals surface area contributed by atoms with Gasteiger partial charge in [0, 0.05) is 22.8 Å². The van der Waals surface area contributed by atoms with Crippen LogP contribution < -0.4 is 18.3 Å². The number of rotatable bonds is 22. The average Bonchev–Trinajstić information content (AvgIpc) is 3.01. The smallest absolute Gasteiger partial charge is 0.492 e. The van der Waals surface area contributed by atoms with Crippen LogP contribution in [0.1, 0.15) is 95.1 Å². The highest BCUT2D eigenvalue weighted by Gasteiger charge is 2.34. The number of phosphoric acid groups is 1. The van der Waals surface area contributed by atoms with Crippen molar-refractivity contribution >= 4 is 62.9 Å². The lowest BCUT2D eigenvalue weighted by Crippen LogP contribution is -2.08. The van der Waals surface area contributed by atoms with Crippen LogP contribution in [0, 0.1) is 0 Å². The second kappa shape index (κ2) is 20.7. The molecule has 44 heavy (non-hydrogen) atoms. The highest BCUT2D eigenvalue weighted by molar-refractivity contribution is 9.08. The van der Waals surface area contributed by atoms with Crippen molar-refractivity contribution in [2.75, 3.05) is 6.61 Å². The summed E-state index contributed by atoms with van der Waals surface area (Å²) in [6.45, 7) is 2.79. The molecule has 0 unspecified atom stereocenters. The van der Waals surface area contributed by atoms with E-state index in [1.807, 2.05) is 12.1 Å². The van der Waals surface area contributed by atoms with E-state index in [1.165, 1.54) is 70.3 Å². The molecule has 3 rings (SSSR count). The normalized spacial score (nSPS) is 11.4. The number of hydrogen-bond acceptors (Lipinski definition) is 5. The van der Waals surface area contributed by atoms with Crippen LogP contribution in [0.5, 0.6) is 23.0 Å². The minimum atomic E-state index is -4.27. The van der Waals surface area contributed by atoms with E-state index in [1.54, 1.807) is 42.5 Å². The summed E-state index contributed by atoms with van der Waals surface area (Å²) in [6.07, 6.45) is 15.3. The minimum Gasteiger partial charge on any atom is -0.492 e. The number of alkyl halides is 2. The van der Waals surface area contributed by atoms with E-state index < -0.39 is 7.82 Å². The molecule has 0 amide bonds. The monoisotopic (exact) mass is 790 g/mol. The Bertz CT molecular complexity index is 1270. The van der Waals surface area contributed by atoms with Gasteiger partial charge >= 0.3 is 7.82 Å². The van der Waals surface area contributed by atoms with E-state index in [0.29, 0.717) is 34.5 Å². The predicted molar refractivity (Wildman–Crippen MR) is 191 cm³/mol. The second-order valence-electron chi connectivity index (χ2n) is 10.7. The molecule has 3 aromatic rings. The summed E-state index contributed by atoms with van der Waals surface area (Å²) in [5, 5.41) is 1.67. The molecule has 3 aromatic carbocycles. The largest absolute Gasteiger partial charge is 0.647 e. The van der Waals surface area contributed by atoms with E-state index in [9.17, 15) is 4.57 Å². The summed E-state index contributed by atoms with van der Waals surface area (Å²) in [5.74, 6) is 1.16. The van der Waals surface area contributed by atoms with Gasteiger partial charge in [-0.3, -0.25) is 0 Å². The van der Waals surface area contributed by atoms with Crippen LogP contribution in [0.15, 0.2) is 60.7 Å². The lowest BCUT2D eigenvalue weighted by Gasteiger charge is -2.21. The third kappa shape index (κ3) is 13.5. The van der Waals surface area contributed by atoms with E-state index in [4.69, 9.17) is 41.5 Å². The first-order valence-electron chi connectivity index (χ1n) is 15.5. The van der Waals surface area contributed by atoms with Gasteiger partial charge in [0.15, 0.2) is 5.75 Å². The van der Waals surface area contributed by atoms with Gasteiger partial charge in [-0.05, 0) is 41.8 Å². The molecule has 0 aliphatic carbocycles. The molecular formula is C34H43Br2Cl2O5P. The molecule has 0 heterocycles. The first kappa shape index (κ1) is 37.1. The van der Waals surface area contributed by atoms with Crippen molar-refractivity contribution in [1.29, 1.82) is 0 Å². The maximum Gasteiger partial charge on any atom is 0.647 e. The number of hydrogen-bond donors (Lipinski definition) is 0. The van der Waals surface area contributed by atoms with E-state index in [2.05, 4.69) is 38.8 Å². The fourth-order valence-electron chi connectivity index (χ4n) is 4.62. The second-order valence-corrected chi connectivity index (χ2v) is 14.1. The van der Waals surface area contributed by atoms with Gasteiger partial charge in [0.2, 0.25) is 0 Å². The van der Waals surface area contributed by atoms with Gasteiger partial charge in [0.1, 0.15) is 17.2 Å². The molecule has 0 aromatic heterocycles. The van der Waals surface area contributed by atoms with Crippen LogP contribution in [0.2, 0.25) is 10.0 Å². The molecule has 5 nitrogen and oxygen atoms in total. The van der Waals surface area contributed by atoms with Crippen molar-refractivity contribution in [3.8, 4) is 23.0 Å². The third-order valence-corrected chi connectivity index (χ3v) is 10.2. The number of halogens is 4. The highest BCUT2D eigenvalue weighted by atomic mass is 79.9. The third-order valence-electron chi connectivity index (χ3n) is 6.99. The molecule has 0 N–H and O–H groups in total. The van der Waals surface area contributed by atoms with Crippen LogP contribution in [0.3, 0.4) is 0 Å². The Morgan fingerprint density at radius 1 is 0.614 bits per heavy atom. The van der Waals surface area contributed by atoms with Crippen molar-refractivity contribution in [3.05, 3.63) is 81.8 Å². The van der Waals surface area contributed by atoms with Gasteiger partial charge in [-0.2, -0.15) is 4.57 Å². The molecule has 0 saturated carbocycles. The highest BCUT2D eigenvalue weighted by Crippen LogP contribution is 2.52. The lowest BCUT2D eigenvalue weighted by atomic mass is 10.1. The fourth-order valence-corrected chi connectivity index (χ4v) is 7.02. The molecule has 10 heteroatoms. The van der Waals surface area contributed by atoms with Crippen LogP contribution >= 0.6 is 62.9 Å². The lowest BCUT2D eigenvalue weighted by molar-refractivity contribution is 0.295. The quantitative estimate of drug-likeness (QED) is 0.0576. The van der Waals surface area contributed by atoms with Gasteiger partial charge in [-0.15, -0.1) is 0 Å². The van der Waals surface area contributed by atoms with Crippen LogP contribution in [0.25, 0.3) is 0 Å². The minimum absolute atomic E-state index is 0.0611. The molecule has 0 bridgehead atoms. The van der Waals surface area contributed by atoms with E-state index >= 15 is 0 Å². The molecule has 0 atom stereocenters. The van der Waals surface area contributed by atoms with Crippen molar-refractivity contribution in [1.82, 2.24) is 0 Å². The van der Waals surface area contributed by atoms with E-state index in [0.717, 1.165) is 24.0 Å². The van der Waals surface area contributed by atoms with Crippen LogP contribution in [-0.2, 0) is 15.2 Å². The maximum absolute atomic E-state index is 14.1. The Morgan fingerprint density at radius 2 is 1.07 bits per heavy atom. The molecule has 0 spiro atoms. The van der Waals surface area contributed by atoms with Crippen molar-refractivity contribution in [2.45, 2.75) is 94.6 Å². The summed E-state index contributed by atoms with van der Waals surface area (Å²) in [5.41, 5.74) is 1.87. The summed E-state index contributed by atoms with van der Waals surface area (Å²) < 4.78 is 37.5. The summed E-state index contributed by atoms with van der Waals surface area (Å²) in [7, 11) is -4.27. The number of benzene rings is 3. The molecule has 0 fully saturated rings. The van der Waals surface area contributed by atoms with Crippen molar-refractivity contribution in [2.24, 2.45) is 0 Å². The summed E-state index contributed by atoms with van der Waals surface area (Å²) in [4.78, 5) is 0. The van der Waals surface area contributed by atoms with Crippen molar-refractivity contribution in [3.63, 3.8) is 0 Å². The number of phosphoric ester groups is 1. The Kier molecular flexibility index (Phi) is 17.4. The predicted octanol–water partition coefficient (Wildman–Crippen LogP) is 13.5. The number of ether oxygens (including phenoxy) is 1. The topological polar surface area (TPSA) is 54.0 Å². The summed E-state index contributed by atoms with van der Waals surface area (Å²) in [6, 6.07) is 17.4. The van der Waals surface area contributed by atoms with Gasteiger partial charge in [0.25, 0.3) is 0 Å². The Balaban J connectivity index is 1.55. The SMILES string of the molecule is CCCCCCCCCCCCCCOc1cc(Cl)c(OP(=O)(Oc2cccc(CBr)c2)Oc2cccc(CBr)c2)cc1Cl. The Labute approximate surface area is 290 Å². The molecule has 0 radical (unpaired) electrons. The molecule has 0 aliphatic heterocycles. The van der Waals surface area contributed by atoms with Gasteiger partial charge < -0.3 is 18.3 Å². The zero-order chi connectivity index (χ0) is 31.6. The first-order valence-corrected chi connectivity index (χ1v) is 19.9.